The highest BCUT2D eigenvalue weighted by molar-refractivity contribution is 6.33. The summed E-state index contributed by atoms with van der Waals surface area (Å²) < 4.78 is 228. The molecule has 0 spiro atoms. The number of hydrogen-bond acceptors (Lipinski definition) is 7. The zero-order valence-corrected chi connectivity index (χ0v) is 19.7. The van der Waals surface area contributed by atoms with Gasteiger partial charge in [-0.05, 0) is 6.42 Å². The number of carbonyl (C=O) groups excluding carboxylic acids is 2. The van der Waals surface area contributed by atoms with E-state index in [1.54, 1.807) is 0 Å². The molecule has 0 bridgehead atoms. The summed E-state index contributed by atoms with van der Waals surface area (Å²) in [4.78, 5) is 22.9. The van der Waals surface area contributed by atoms with Gasteiger partial charge in [0, 0.05) is 12.8 Å². The smallest absolute Gasteiger partial charge is 0.460 e. The fourth-order valence-electron chi connectivity index (χ4n) is 2.65. The second kappa shape index (κ2) is 12.4. The molecule has 24 heteroatoms. The molecule has 0 unspecified atom stereocenters. The third-order valence-electron chi connectivity index (χ3n) is 5.25. The molecule has 0 saturated carbocycles. The molecular formula is C18H17F17O7. The molecule has 0 saturated heterocycles. The molecule has 0 rings (SSSR count). The highest BCUT2D eigenvalue weighted by Crippen LogP contribution is 2.64. The molecule has 3 atom stereocenters. The number of Topliss-reactive ketones (excluding diaryl/α,β-unsaturated/α-hetero) is 1. The van der Waals surface area contributed by atoms with Crippen LogP contribution in [0.15, 0.2) is 0 Å². The van der Waals surface area contributed by atoms with Gasteiger partial charge in [-0.15, -0.1) is 0 Å². The van der Waals surface area contributed by atoms with E-state index in [-0.39, 0.29) is 0 Å². The lowest BCUT2D eigenvalue weighted by atomic mass is 9.88. The molecule has 0 aliphatic rings. The molecule has 0 fully saturated rings. The van der Waals surface area contributed by atoms with Crippen LogP contribution in [-0.2, 0) is 14.3 Å². The molecular weight excluding hydrogens is 651 g/mol. The summed E-state index contributed by atoms with van der Waals surface area (Å²) in [6.07, 6.45) is -20.6. The Balaban J connectivity index is 5.76. The van der Waals surface area contributed by atoms with Crippen molar-refractivity contribution in [3.8, 4) is 0 Å². The zero-order valence-electron chi connectivity index (χ0n) is 19.7. The Morgan fingerprint density at radius 1 is 0.595 bits per heavy atom. The number of aliphatic hydroxyl groups excluding tert-OH is 4. The third-order valence-corrected chi connectivity index (χ3v) is 5.25. The molecule has 42 heavy (non-hydrogen) atoms. The van der Waals surface area contributed by atoms with Crippen molar-refractivity contribution in [1.82, 2.24) is 0 Å². The van der Waals surface area contributed by atoms with Crippen LogP contribution in [-0.4, -0.2) is 111 Å². The van der Waals surface area contributed by atoms with Crippen molar-refractivity contribution < 1.29 is 109 Å². The Morgan fingerprint density at radius 3 is 1.36 bits per heavy atom. The van der Waals surface area contributed by atoms with Crippen molar-refractivity contribution in [3.05, 3.63) is 0 Å². The van der Waals surface area contributed by atoms with E-state index in [4.69, 9.17) is 10.2 Å². The Labute approximate surface area is 220 Å². The van der Waals surface area contributed by atoms with Crippen LogP contribution in [0.5, 0.6) is 0 Å². The number of ether oxygens (including phenoxy) is 1. The lowest BCUT2D eigenvalue weighted by Gasteiger charge is -2.42. The highest BCUT2D eigenvalue weighted by Gasteiger charge is 2.95. The summed E-state index contributed by atoms with van der Waals surface area (Å²) in [6, 6.07) is 0. The minimum absolute atomic E-state index is 1.17. The summed E-state index contributed by atoms with van der Waals surface area (Å²) in [7, 11) is 0. The topological polar surface area (TPSA) is 124 Å². The Hall–Kier alpha value is -2.21. The van der Waals surface area contributed by atoms with E-state index in [2.05, 4.69) is 4.74 Å². The minimum Gasteiger partial charge on any atom is -0.460 e. The zero-order chi connectivity index (χ0) is 34.1. The maximum absolute atomic E-state index is 13.8. The summed E-state index contributed by atoms with van der Waals surface area (Å²) >= 11 is 0. The predicted octanol–water partition coefficient (Wildman–Crippen LogP) is 3.35. The first-order valence-electron chi connectivity index (χ1n) is 10.4. The first-order valence-corrected chi connectivity index (χ1v) is 10.4. The van der Waals surface area contributed by atoms with E-state index in [0.717, 1.165) is 0 Å². The average molecular weight is 668 g/mol. The van der Waals surface area contributed by atoms with Crippen LogP contribution in [0.2, 0.25) is 0 Å². The van der Waals surface area contributed by atoms with Crippen LogP contribution in [0, 0.1) is 0 Å². The van der Waals surface area contributed by atoms with Gasteiger partial charge in [0.1, 0.15) is 12.2 Å². The number of rotatable bonds is 16. The van der Waals surface area contributed by atoms with Crippen molar-refractivity contribution in [2.45, 2.75) is 85.2 Å². The number of alkyl halides is 17. The van der Waals surface area contributed by atoms with Gasteiger partial charge in [0.05, 0.1) is 19.3 Å². The first-order chi connectivity index (χ1) is 18.3. The number of halogens is 17. The Morgan fingerprint density at radius 2 is 0.976 bits per heavy atom. The predicted molar refractivity (Wildman–Crippen MR) is 95.6 cm³/mol. The Kier molecular flexibility index (Phi) is 11.8. The van der Waals surface area contributed by atoms with E-state index >= 15 is 0 Å². The van der Waals surface area contributed by atoms with E-state index in [9.17, 15) is 94.4 Å². The van der Waals surface area contributed by atoms with Gasteiger partial charge in [-0.25, -0.2) is 4.79 Å². The standard InChI is InChI=1S/C18H17F17O7/c19-11(20,2-1-3-42-10(41)7(38)4-6(37)9(40)8(39)5-36)12(21,22)13(23,24)14(25,26)15(27,28)16(29,30)17(31,32)18(33,34)35/h6,8-9,36-37,39-40H,1-5H2/t6-,8-,9-/m1/s1. The van der Waals surface area contributed by atoms with Gasteiger partial charge in [-0.1, -0.05) is 0 Å². The van der Waals surface area contributed by atoms with Gasteiger partial charge < -0.3 is 25.2 Å². The van der Waals surface area contributed by atoms with Crippen molar-refractivity contribution in [2.75, 3.05) is 13.2 Å². The van der Waals surface area contributed by atoms with E-state index < -0.39 is 110 Å². The number of ketones is 1. The molecule has 0 amide bonds. The third kappa shape index (κ3) is 6.79. The van der Waals surface area contributed by atoms with Gasteiger partial charge in [0.2, 0.25) is 5.78 Å². The van der Waals surface area contributed by atoms with Crippen LogP contribution in [0.3, 0.4) is 0 Å². The van der Waals surface area contributed by atoms with E-state index in [0.29, 0.717) is 0 Å². The van der Waals surface area contributed by atoms with E-state index in [1.807, 2.05) is 0 Å². The summed E-state index contributed by atoms with van der Waals surface area (Å²) in [5, 5.41) is 36.3. The molecule has 0 heterocycles. The first kappa shape index (κ1) is 39.8. The maximum atomic E-state index is 13.8. The van der Waals surface area contributed by atoms with Crippen LogP contribution in [0.4, 0.5) is 74.6 Å². The van der Waals surface area contributed by atoms with Crippen molar-refractivity contribution >= 4 is 11.8 Å². The highest BCUT2D eigenvalue weighted by atomic mass is 19.4. The fourth-order valence-corrected chi connectivity index (χ4v) is 2.65. The van der Waals surface area contributed by atoms with Crippen LogP contribution in [0.1, 0.15) is 19.3 Å². The molecule has 0 aromatic carbocycles. The fraction of sp³-hybridized carbons (Fsp3) is 0.889. The van der Waals surface area contributed by atoms with Crippen LogP contribution in [0.25, 0.3) is 0 Å². The second-order valence-electron chi connectivity index (χ2n) is 8.32. The number of esters is 1. The van der Waals surface area contributed by atoms with Gasteiger partial charge in [0.15, 0.2) is 0 Å². The summed E-state index contributed by atoms with van der Waals surface area (Å²) in [5.74, 6) is -61.4. The van der Waals surface area contributed by atoms with Gasteiger partial charge >= 0.3 is 53.6 Å². The molecule has 0 aromatic heterocycles. The summed E-state index contributed by atoms with van der Waals surface area (Å²) in [5.41, 5.74) is 0. The lowest BCUT2D eigenvalue weighted by Crippen LogP contribution is -2.74. The SMILES string of the molecule is O=C(C[C@@H](O)[C@@H](O)[C@H](O)CO)C(=O)OCCCC(F)(F)C(F)(F)C(F)(F)C(F)(F)C(F)(F)C(F)(F)C(F)(F)C(F)(F)F. The second-order valence-corrected chi connectivity index (χ2v) is 8.32. The Bertz CT molecular complexity index is 951. The van der Waals surface area contributed by atoms with Crippen LogP contribution >= 0.6 is 0 Å². The van der Waals surface area contributed by atoms with E-state index in [1.165, 1.54) is 0 Å². The van der Waals surface area contributed by atoms with Gasteiger partial charge in [-0.2, -0.15) is 74.6 Å². The molecule has 0 aromatic rings. The normalized spacial score (nSPS) is 17.1. The quantitative estimate of drug-likeness (QED) is 0.0862. The number of carbonyl (C=O) groups is 2. The lowest BCUT2D eigenvalue weighted by molar-refractivity contribution is -0.461. The number of hydrogen-bond donors (Lipinski definition) is 4. The molecule has 4 N–H and O–H groups in total. The summed E-state index contributed by atoms with van der Waals surface area (Å²) in [6.45, 7) is -2.84. The number of aliphatic hydroxyl groups is 4. The molecule has 250 valence electrons. The minimum atomic E-state index is -8.76. The molecule has 0 radical (unpaired) electrons. The monoisotopic (exact) mass is 668 g/mol. The van der Waals surface area contributed by atoms with Crippen molar-refractivity contribution in [1.29, 1.82) is 0 Å². The molecule has 0 aliphatic carbocycles. The van der Waals surface area contributed by atoms with Gasteiger partial charge in [-0.3, -0.25) is 4.79 Å². The maximum Gasteiger partial charge on any atom is 0.460 e. The average Bonchev–Trinajstić information content (AvgIpc) is 2.83. The van der Waals surface area contributed by atoms with Crippen molar-refractivity contribution in [3.63, 3.8) is 0 Å². The van der Waals surface area contributed by atoms with Gasteiger partial charge in [0.25, 0.3) is 0 Å². The van der Waals surface area contributed by atoms with Crippen molar-refractivity contribution in [2.24, 2.45) is 0 Å². The largest absolute Gasteiger partial charge is 0.460 e. The molecule has 7 nitrogen and oxygen atoms in total. The molecule has 0 aliphatic heterocycles. The van der Waals surface area contributed by atoms with Crippen LogP contribution < -0.4 is 0 Å².